The number of nitrogens with zero attached hydrogens (tertiary/aromatic N) is 2. The molecule has 3 fully saturated rings. The van der Waals surface area contributed by atoms with Gasteiger partial charge in [0.15, 0.2) is 11.5 Å². The number of rotatable bonds is 7. The van der Waals surface area contributed by atoms with Crippen molar-refractivity contribution in [2.45, 2.75) is 44.4 Å². The lowest BCUT2D eigenvalue weighted by Gasteiger charge is -2.50. The van der Waals surface area contributed by atoms with Gasteiger partial charge in [0.2, 0.25) is 11.8 Å². The number of imide groups is 2. The van der Waals surface area contributed by atoms with E-state index in [2.05, 4.69) is 12.3 Å². The van der Waals surface area contributed by atoms with Gasteiger partial charge in [-0.2, -0.15) is 5.01 Å². The number of phenolic OH excluding ortho intramolecular Hbond substituents is 1. The maximum Gasteiger partial charge on any atom is 0.260 e. The molecule has 4 amide bonds. The first-order valence-electron chi connectivity index (χ1n) is 17.6. The van der Waals surface area contributed by atoms with Gasteiger partial charge < -0.3 is 9.84 Å². The average Bonchev–Trinajstić information content (AvgIpc) is 3.54. The summed E-state index contributed by atoms with van der Waals surface area (Å²) in [6.07, 6.45) is 3.38. The number of methoxy groups -OCH3 is 1. The summed E-state index contributed by atoms with van der Waals surface area (Å²) in [5.74, 6) is -4.56. The number of halogens is 1. The molecule has 264 valence electrons. The number of hydrogen-bond donors (Lipinski definition) is 2. The van der Waals surface area contributed by atoms with Crippen molar-refractivity contribution in [2.75, 3.05) is 17.4 Å². The Bertz CT molecular complexity index is 2150. The highest BCUT2D eigenvalue weighted by atomic mass is 127. The SMILES string of the molecule is CCc1ccc(N2C(=O)[C@H]3[C@H](CC=C4[C@H]3C[C@H]3C(=O)N(Nc5ccc(C)cc5)C(=O)[C@@]3(c3ccccc3)[C@H]4c3cc(I)c(O)c(OC)c3)C2=O)cc1. The molecule has 4 aromatic rings. The molecule has 2 heterocycles. The molecule has 8 rings (SSSR count). The lowest BCUT2D eigenvalue weighted by molar-refractivity contribution is -0.138. The van der Waals surface area contributed by atoms with E-state index in [1.54, 1.807) is 6.07 Å². The fourth-order valence-electron chi connectivity index (χ4n) is 9.17. The number of aromatic hydroxyl groups is 1. The van der Waals surface area contributed by atoms with Gasteiger partial charge in [-0.1, -0.05) is 78.7 Å². The van der Waals surface area contributed by atoms with Crippen LogP contribution in [-0.2, 0) is 31.0 Å². The topological polar surface area (TPSA) is 116 Å². The Hall–Kier alpha value is -4.97. The van der Waals surface area contributed by atoms with Crippen molar-refractivity contribution in [3.05, 3.63) is 128 Å². The third-order valence-corrected chi connectivity index (χ3v) is 12.4. The van der Waals surface area contributed by atoms with E-state index in [9.17, 15) is 19.5 Å². The Balaban J connectivity index is 1.32. The van der Waals surface area contributed by atoms with Crippen molar-refractivity contribution >= 4 is 57.6 Å². The summed E-state index contributed by atoms with van der Waals surface area (Å²) < 4.78 is 6.14. The van der Waals surface area contributed by atoms with Gasteiger partial charge in [-0.15, -0.1) is 0 Å². The van der Waals surface area contributed by atoms with Crippen molar-refractivity contribution in [1.82, 2.24) is 5.01 Å². The minimum Gasteiger partial charge on any atom is -0.504 e. The Morgan fingerprint density at radius 3 is 2.29 bits per heavy atom. The predicted molar refractivity (Wildman–Crippen MR) is 204 cm³/mol. The van der Waals surface area contributed by atoms with Gasteiger partial charge in [0, 0.05) is 5.92 Å². The standard InChI is InChI=1S/C42H38IN3O6/c1-4-24-12-16-28(17-13-24)45-38(48)30-19-18-29-31(35(30)40(45)50)22-32-39(49)46(44-27-14-10-23(2)11-15-27)41(51)42(32,26-8-6-5-7-9-26)36(29)25-20-33(43)37(47)34(21-25)52-3/h5-18,20-21,30-32,35-36,44,47H,4,19,22H2,1-3H3/t30-,31+,32-,35-,36-,42+/m0/s1. The smallest absolute Gasteiger partial charge is 0.260 e. The molecule has 1 saturated carbocycles. The van der Waals surface area contributed by atoms with E-state index < -0.39 is 46.8 Å². The molecular formula is C42H38IN3O6. The first-order chi connectivity index (χ1) is 25.1. The molecule has 52 heavy (non-hydrogen) atoms. The number of anilines is 2. The molecule has 9 nitrogen and oxygen atoms in total. The van der Waals surface area contributed by atoms with E-state index in [4.69, 9.17) is 4.74 Å². The molecule has 6 atom stereocenters. The molecule has 0 spiro atoms. The van der Waals surface area contributed by atoms with E-state index >= 15 is 4.79 Å². The third kappa shape index (κ3) is 5.01. The second-order valence-electron chi connectivity index (χ2n) is 14.2. The zero-order chi connectivity index (χ0) is 36.5. The van der Waals surface area contributed by atoms with Crippen LogP contribution in [0.1, 0.15) is 47.9 Å². The quantitative estimate of drug-likeness (QED) is 0.117. The van der Waals surface area contributed by atoms with Gasteiger partial charge in [0.25, 0.3) is 11.8 Å². The maximum absolute atomic E-state index is 15.3. The highest BCUT2D eigenvalue weighted by Gasteiger charge is 2.70. The van der Waals surface area contributed by atoms with E-state index in [1.807, 2.05) is 121 Å². The summed E-state index contributed by atoms with van der Waals surface area (Å²) in [5.41, 5.74) is 7.16. The number of hydrazine groups is 1. The van der Waals surface area contributed by atoms with Crippen LogP contribution < -0.4 is 15.1 Å². The van der Waals surface area contributed by atoms with Crippen molar-refractivity contribution < 1.29 is 29.0 Å². The summed E-state index contributed by atoms with van der Waals surface area (Å²) in [6.45, 7) is 4.01. The summed E-state index contributed by atoms with van der Waals surface area (Å²) >= 11 is 2.05. The second-order valence-corrected chi connectivity index (χ2v) is 15.3. The second kappa shape index (κ2) is 12.9. The number of ether oxygens (including phenoxy) is 1. The largest absolute Gasteiger partial charge is 0.504 e. The number of amides is 4. The van der Waals surface area contributed by atoms with E-state index in [0.717, 1.165) is 28.1 Å². The lowest BCUT2D eigenvalue weighted by atomic mass is 9.49. The molecule has 4 aliphatic rings. The Morgan fingerprint density at radius 2 is 1.62 bits per heavy atom. The number of hydrogen-bond acceptors (Lipinski definition) is 7. The van der Waals surface area contributed by atoms with Gasteiger partial charge in [-0.3, -0.25) is 29.5 Å². The molecule has 0 unspecified atom stereocenters. The molecular weight excluding hydrogens is 769 g/mol. The number of carbonyl (C=O) groups excluding carboxylic acids is 4. The highest BCUT2D eigenvalue weighted by Crippen LogP contribution is 2.64. The van der Waals surface area contributed by atoms with Crippen molar-refractivity contribution in [3.8, 4) is 11.5 Å². The van der Waals surface area contributed by atoms with Crippen LogP contribution in [0.4, 0.5) is 11.4 Å². The number of carbonyl (C=O) groups is 4. The first-order valence-corrected chi connectivity index (χ1v) is 18.7. The minimum absolute atomic E-state index is 0.0278. The highest BCUT2D eigenvalue weighted by molar-refractivity contribution is 14.1. The number of phenols is 1. The number of aryl methyl sites for hydroxylation is 2. The minimum atomic E-state index is -1.42. The molecule has 2 aliphatic heterocycles. The van der Waals surface area contributed by atoms with Crippen LogP contribution in [0, 0.1) is 34.2 Å². The number of fused-ring (bicyclic) bond motifs is 4. The molecule has 0 bridgehead atoms. The maximum atomic E-state index is 15.3. The third-order valence-electron chi connectivity index (χ3n) is 11.6. The molecule has 4 aromatic carbocycles. The van der Waals surface area contributed by atoms with Crippen LogP contribution in [0.25, 0.3) is 0 Å². The van der Waals surface area contributed by atoms with E-state index in [0.29, 0.717) is 32.5 Å². The summed E-state index contributed by atoms with van der Waals surface area (Å²) in [7, 11) is 1.47. The van der Waals surface area contributed by atoms with Gasteiger partial charge in [0.05, 0.1) is 45.2 Å². The first kappa shape index (κ1) is 34.1. The van der Waals surface area contributed by atoms with Gasteiger partial charge >= 0.3 is 0 Å². The summed E-state index contributed by atoms with van der Waals surface area (Å²) in [4.78, 5) is 60.2. The van der Waals surface area contributed by atoms with Crippen LogP contribution in [0.3, 0.4) is 0 Å². The van der Waals surface area contributed by atoms with E-state index in [-0.39, 0.29) is 29.7 Å². The fourth-order valence-corrected chi connectivity index (χ4v) is 9.80. The Labute approximate surface area is 315 Å². The predicted octanol–water partition coefficient (Wildman–Crippen LogP) is 7.07. The van der Waals surface area contributed by atoms with Crippen LogP contribution in [0.2, 0.25) is 0 Å². The van der Waals surface area contributed by atoms with E-state index in [1.165, 1.54) is 12.0 Å². The van der Waals surface area contributed by atoms with Gasteiger partial charge in [0.1, 0.15) is 0 Å². The zero-order valence-electron chi connectivity index (χ0n) is 29.0. The molecule has 0 aromatic heterocycles. The Morgan fingerprint density at radius 1 is 0.904 bits per heavy atom. The van der Waals surface area contributed by atoms with Crippen LogP contribution in [0.15, 0.2) is 103 Å². The normalized spacial score (nSPS) is 26.5. The zero-order valence-corrected chi connectivity index (χ0v) is 31.2. The summed E-state index contributed by atoms with van der Waals surface area (Å²) in [5, 5.41) is 12.1. The van der Waals surface area contributed by atoms with Crippen LogP contribution in [-0.4, -0.2) is 40.9 Å². The monoisotopic (exact) mass is 807 g/mol. The lowest BCUT2D eigenvalue weighted by Crippen LogP contribution is -2.53. The van der Waals surface area contributed by atoms with Crippen molar-refractivity contribution in [3.63, 3.8) is 0 Å². The molecule has 10 heteroatoms. The number of benzene rings is 4. The molecule has 2 saturated heterocycles. The van der Waals surface area contributed by atoms with Crippen LogP contribution in [0.5, 0.6) is 11.5 Å². The number of allylic oxidation sites excluding steroid dienone is 2. The Kier molecular flexibility index (Phi) is 8.47. The molecule has 0 radical (unpaired) electrons. The fraction of sp³-hybridized carbons (Fsp3) is 0.286. The molecule has 2 aliphatic carbocycles. The van der Waals surface area contributed by atoms with Crippen molar-refractivity contribution in [1.29, 1.82) is 0 Å². The average molecular weight is 808 g/mol. The van der Waals surface area contributed by atoms with Crippen molar-refractivity contribution in [2.24, 2.45) is 23.7 Å². The van der Waals surface area contributed by atoms with Crippen LogP contribution >= 0.6 is 22.6 Å². The molecule has 2 N–H and O–H groups in total. The number of nitrogens with one attached hydrogen (secondary N) is 1. The van der Waals surface area contributed by atoms with Gasteiger partial charge in [-0.05, 0) is 108 Å². The van der Waals surface area contributed by atoms with Gasteiger partial charge in [-0.25, -0.2) is 0 Å². The summed E-state index contributed by atoms with van der Waals surface area (Å²) in [6, 6.07) is 27.9.